The quantitative estimate of drug-likeness (QED) is 0.440. The summed E-state index contributed by atoms with van der Waals surface area (Å²) in [5.74, 6) is -1.94. The minimum atomic E-state index is -3.56. The van der Waals surface area contributed by atoms with E-state index >= 15 is 0 Å². The van der Waals surface area contributed by atoms with Crippen LogP contribution in [-0.4, -0.2) is 49.8 Å². The SMILES string of the molecule is COc1ccc2cc([C@H](CCCS(=O)(=O)CCO[N+](=O)[O-])C(=O)O)ccc2c1. The molecule has 0 aromatic heterocycles. The van der Waals surface area contributed by atoms with E-state index in [1.165, 1.54) is 0 Å². The van der Waals surface area contributed by atoms with Gasteiger partial charge in [0.2, 0.25) is 0 Å². The van der Waals surface area contributed by atoms with Crippen LogP contribution in [0.15, 0.2) is 36.4 Å². The summed E-state index contributed by atoms with van der Waals surface area (Å²) in [4.78, 5) is 25.8. The molecule has 2 aromatic rings. The number of carboxylic acid groups (broad SMARTS) is 1. The van der Waals surface area contributed by atoms with Gasteiger partial charge in [0.1, 0.15) is 12.4 Å². The van der Waals surface area contributed by atoms with E-state index in [0.717, 1.165) is 10.8 Å². The highest BCUT2D eigenvalue weighted by molar-refractivity contribution is 7.91. The Hall–Kier alpha value is -2.88. The van der Waals surface area contributed by atoms with Crippen LogP contribution >= 0.6 is 0 Å². The van der Waals surface area contributed by atoms with Gasteiger partial charge in [-0.15, -0.1) is 10.1 Å². The van der Waals surface area contributed by atoms with Crippen LogP contribution in [0.4, 0.5) is 0 Å². The molecule has 0 unspecified atom stereocenters. The molecule has 0 heterocycles. The highest BCUT2D eigenvalue weighted by atomic mass is 32.2. The summed E-state index contributed by atoms with van der Waals surface area (Å²) >= 11 is 0. The topological polar surface area (TPSA) is 133 Å². The highest BCUT2D eigenvalue weighted by Gasteiger charge is 2.21. The Bertz CT molecular complexity index is 957. The molecule has 2 rings (SSSR count). The van der Waals surface area contributed by atoms with Crippen molar-refractivity contribution < 1.29 is 33.0 Å². The summed E-state index contributed by atoms with van der Waals surface area (Å²) in [7, 11) is -2.00. The molecular formula is C18H21NO8S. The van der Waals surface area contributed by atoms with E-state index in [-0.39, 0.29) is 18.6 Å². The third-order valence-corrected chi connectivity index (χ3v) is 6.01. The number of rotatable bonds is 11. The van der Waals surface area contributed by atoms with Crippen LogP contribution in [-0.2, 0) is 19.5 Å². The summed E-state index contributed by atoms with van der Waals surface area (Å²) < 4.78 is 28.9. The number of sulfone groups is 1. The van der Waals surface area contributed by atoms with Crippen LogP contribution in [0.1, 0.15) is 24.3 Å². The monoisotopic (exact) mass is 411 g/mol. The number of hydrogen-bond acceptors (Lipinski definition) is 7. The standard InChI is InChI=1S/C18H21NO8S/c1-26-16-7-6-13-11-15(5-4-14(13)12-16)17(18(20)21)3-2-9-28(24,25)10-8-27-19(22)23/h4-7,11-12,17H,2-3,8-10H2,1H3,(H,20,21)/t17-/m0/s1. The predicted octanol–water partition coefficient (Wildman–Crippen LogP) is 2.42. The number of carboxylic acids is 1. The Kier molecular flexibility index (Phi) is 7.16. The fraction of sp³-hybridized carbons (Fsp3) is 0.389. The van der Waals surface area contributed by atoms with E-state index in [1.807, 2.05) is 12.1 Å². The minimum Gasteiger partial charge on any atom is -0.497 e. The molecule has 0 radical (unpaired) electrons. The maximum Gasteiger partial charge on any atom is 0.310 e. The fourth-order valence-corrected chi connectivity index (χ4v) is 4.01. The first-order valence-corrected chi connectivity index (χ1v) is 10.3. The van der Waals surface area contributed by atoms with Crippen LogP contribution < -0.4 is 4.74 Å². The number of benzene rings is 2. The summed E-state index contributed by atoms with van der Waals surface area (Å²) in [6.07, 6.45) is 0.255. The molecule has 0 fully saturated rings. The maximum atomic E-state index is 11.9. The van der Waals surface area contributed by atoms with E-state index in [1.54, 1.807) is 31.4 Å². The van der Waals surface area contributed by atoms with E-state index in [9.17, 15) is 28.4 Å². The van der Waals surface area contributed by atoms with Crippen molar-refractivity contribution in [3.8, 4) is 5.75 Å². The zero-order valence-electron chi connectivity index (χ0n) is 15.2. The zero-order valence-corrected chi connectivity index (χ0v) is 16.1. The van der Waals surface area contributed by atoms with Crippen molar-refractivity contribution in [3.05, 3.63) is 52.1 Å². The molecule has 0 amide bonds. The van der Waals surface area contributed by atoms with Crippen molar-refractivity contribution in [2.24, 2.45) is 0 Å². The van der Waals surface area contributed by atoms with Crippen molar-refractivity contribution >= 4 is 26.6 Å². The Labute approximate surface area is 161 Å². The Morgan fingerprint density at radius 1 is 1.18 bits per heavy atom. The first kappa shape index (κ1) is 21.4. The average molecular weight is 411 g/mol. The van der Waals surface area contributed by atoms with Gasteiger partial charge in [-0.2, -0.15) is 0 Å². The lowest BCUT2D eigenvalue weighted by Gasteiger charge is -2.14. The largest absolute Gasteiger partial charge is 0.497 e. The second-order valence-corrected chi connectivity index (χ2v) is 8.52. The molecular weight excluding hydrogens is 390 g/mol. The van der Waals surface area contributed by atoms with Crippen LogP contribution in [0.25, 0.3) is 10.8 Å². The van der Waals surface area contributed by atoms with Gasteiger partial charge in [-0.25, -0.2) is 8.42 Å². The molecule has 1 atom stereocenters. The van der Waals surface area contributed by atoms with Gasteiger partial charge in [0, 0.05) is 0 Å². The van der Waals surface area contributed by atoms with Gasteiger partial charge >= 0.3 is 5.97 Å². The normalized spacial score (nSPS) is 12.5. The van der Waals surface area contributed by atoms with Crippen LogP contribution in [0, 0.1) is 10.1 Å². The number of ether oxygens (including phenoxy) is 1. The highest BCUT2D eigenvalue weighted by Crippen LogP contribution is 2.28. The molecule has 0 aliphatic heterocycles. The van der Waals surface area contributed by atoms with Gasteiger partial charge in [-0.1, -0.05) is 24.3 Å². The molecule has 0 aliphatic carbocycles. The summed E-state index contributed by atoms with van der Waals surface area (Å²) in [6.45, 7) is -0.536. The average Bonchev–Trinajstić information content (AvgIpc) is 2.63. The molecule has 0 saturated heterocycles. The molecule has 2 aromatic carbocycles. The lowest BCUT2D eigenvalue weighted by molar-refractivity contribution is -0.756. The molecule has 152 valence electrons. The molecule has 9 nitrogen and oxygen atoms in total. The molecule has 0 bridgehead atoms. The number of fused-ring (bicyclic) bond motifs is 1. The van der Waals surface area contributed by atoms with Crippen molar-refractivity contribution in [1.29, 1.82) is 0 Å². The third kappa shape index (κ3) is 6.08. The summed E-state index contributed by atoms with van der Waals surface area (Å²) in [5.41, 5.74) is 0.583. The van der Waals surface area contributed by atoms with E-state index in [0.29, 0.717) is 11.3 Å². The lowest BCUT2D eigenvalue weighted by atomic mass is 9.92. The Morgan fingerprint density at radius 2 is 1.86 bits per heavy atom. The third-order valence-electron chi connectivity index (χ3n) is 4.31. The van der Waals surface area contributed by atoms with Crippen molar-refractivity contribution in [2.45, 2.75) is 18.8 Å². The number of hydrogen-bond donors (Lipinski definition) is 1. The molecule has 1 N–H and O–H groups in total. The van der Waals surface area contributed by atoms with Crippen LogP contribution in [0.5, 0.6) is 5.75 Å². The van der Waals surface area contributed by atoms with Gasteiger partial charge in [0.15, 0.2) is 9.84 Å². The van der Waals surface area contributed by atoms with Gasteiger partial charge in [0.05, 0.1) is 24.5 Å². The van der Waals surface area contributed by atoms with Gasteiger partial charge in [0.25, 0.3) is 5.09 Å². The number of carbonyl (C=O) groups is 1. The van der Waals surface area contributed by atoms with Gasteiger partial charge in [-0.3, -0.25) is 4.79 Å². The zero-order chi connectivity index (χ0) is 20.7. The van der Waals surface area contributed by atoms with Gasteiger partial charge in [-0.05, 0) is 41.3 Å². The minimum absolute atomic E-state index is 0.123. The summed E-state index contributed by atoms with van der Waals surface area (Å²) in [5, 5.41) is 20.3. The first-order chi connectivity index (χ1) is 13.2. The first-order valence-electron chi connectivity index (χ1n) is 8.50. The molecule has 10 heteroatoms. The van der Waals surface area contributed by atoms with Gasteiger partial charge < -0.3 is 14.7 Å². The number of aliphatic carboxylic acids is 1. The Balaban J connectivity index is 2.04. The molecule has 0 saturated carbocycles. The van der Waals surface area contributed by atoms with E-state index in [2.05, 4.69) is 4.84 Å². The fourth-order valence-electron chi connectivity index (χ4n) is 2.87. The van der Waals surface area contributed by atoms with E-state index in [4.69, 9.17) is 4.74 Å². The lowest BCUT2D eigenvalue weighted by Crippen LogP contribution is -2.19. The molecule has 0 aliphatic rings. The summed E-state index contributed by atoms with van der Waals surface area (Å²) in [6, 6.07) is 10.7. The van der Waals surface area contributed by atoms with Crippen molar-refractivity contribution in [2.75, 3.05) is 25.2 Å². The van der Waals surface area contributed by atoms with Crippen molar-refractivity contribution in [3.63, 3.8) is 0 Å². The second kappa shape index (κ2) is 9.36. The number of methoxy groups -OCH3 is 1. The molecule has 0 spiro atoms. The van der Waals surface area contributed by atoms with Crippen molar-refractivity contribution in [1.82, 2.24) is 0 Å². The Morgan fingerprint density at radius 3 is 2.50 bits per heavy atom. The van der Waals surface area contributed by atoms with Crippen LogP contribution in [0.2, 0.25) is 0 Å². The van der Waals surface area contributed by atoms with E-state index < -0.39 is 39.2 Å². The predicted molar refractivity (Wildman–Crippen MR) is 102 cm³/mol. The second-order valence-electron chi connectivity index (χ2n) is 6.21. The van der Waals surface area contributed by atoms with Crippen LogP contribution in [0.3, 0.4) is 0 Å². The molecule has 28 heavy (non-hydrogen) atoms. The maximum absolute atomic E-state index is 11.9. The smallest absolute Gasteiger partial charge is 0.310 e. The number of nitrogens with zero attached hydrogens (tertiary/aromatic N) is 1.